The van der Waals surface area contributed by atoms with Crippen LogP contribution in [0.3, 0.4) is 0 Å². The molecule has 0 radical (unpaired) electrons. The molecule has 0 spiro atoms. The Balaban J connectivity index is 2.36. The van der Waals surface area contributed by atoms with Crippen molar-refractivity contribution in [1.82, 2.24) is 5.32 Å². The maximum Gasteiger partial charge on any atom is 0.308 e. The molecule has 0 saturated heterocycles. The molecule has 3 unspecified atom stereocenters. The summed E-state index contributed by atoms with van der Waals surface area (Å²) in [5.74, 6) is 0.833. The Morgan fingerprint density at radius 2 is 2.06 bits per heavy atom. The summed E-state index contributed by atoms with van der Waals surface area (Å²) in [5, 5.41) is 3.67. The van der Waals surface area contributed by atoms with Crippen LogP contribution >= 0.6 is 0 Å². The molecular weight excluding hydrogens is 226 g/mol. The Labute approximate surface area is 112 Å². The molecule has 106 valence electrons. The molecule has 1 aliphatic rings. The molecule has 0 aromatic rings. The SMILES string of the molecule is CCOC(=O)C1CCCC(NC(C)CC(C)C)C1. The predicted molar refractivity (Wildman–Crippen MR) is 74.4 cm³/mol. The number of esters is 1. The standard InChI is InChI=1S/C15H29NO2/c1-5-18-15(17)13-7-6-8-14(10-13)16-12(4)9-11(2)3/h11-14,16H,5-10H2,1-4H3. The molecule has 3 nitrogen and oxygen atoms in total. The zero-order valence-corrected chi connectivity index (χ0v) is 12.4. The van der Waals surface area contributed by atoms with Crippen LogP contribution in [-0.2, 0) is 9.53 Å². The Morgan fingerprint density at radius 1 is 1.33 bits per heavy atom. The second kappa shape index (κ2) is 7.78. The largest absolute Gasteiger partial charge is 0.466 e. The van der Waals surface area contributed by atoms with Crippen LogP contribution in [0.1, 0.15) is 59.8 Å². The first kappa shape index (κ1) is 15.5. The average molecular weight is 255 g/mol. The zero-order valence-electron chi connectivity index (χ0n) is 12.4. The van der Waals surface area contributed by atoms with Gasteiger partial charge in [0.2, 0.25) is 0 Å². The molecule has 3 heteroatoms. The van der Waals surface area contributed by atoms with Crippen LogP contribution in [0.15, 0.2) is 0 Å². The second-order valence-electron chi connectivity index (χ2n) is 6.01. The minimum Gasteiger partial charge on any atom is -0.466 e. The summed E-state index contributed by atoms with van der Waals surface area (Å²) in [6.07, 6.45) is 5.46. The first-order valence-corrected chi connectivity index (χ1v) is 7.45. The van der Waals surface area contributed by atoms with Gasteiger partial charge in [0.25, 0.3) is 0 Å². The summed E-state index contributed by atoms with van der Waals surface area (Å²) in [4.78, 5) is 11.8. The monoisotopic (exact) mass is 255 g/mol. The van der Waals surface area contributed by atoms with E-state index in [4.69, 9.17) is 4.74 Å². The normalized spacial score (nSPS) is 26.1. The second-order valence-corrected chi connectivity index (χ2v) is 6.01. The smallest absolute Gasteiger partial charge is 0.308 e. The molecule has 0 amide bonds. The lowest BCUT2D eigenvalue weighted by atomic mass is 9.85. The molecule has 0 aliphatic heterocycles. The van der Waals surface area contributed by atoms with Gasteiger partial charge in [0.15, 0.2) is 0 Å². The molecule has 1 fully saturated rings. The van der Waals surface area contributed by atoms with Gasteiger partial charge >= 0.3 is 5.97 Å². The number of carbonyl (C=O) groups excluding carboxylic acids is 1. The van der Waals surface area contributed by atoms with Crippen molar-refractivity contribution >= 4 is 5.97 Å². The molecule has 0 heterocycles. The van der Waals surface area contributed by atoms with Crippen molar-refractivity contribution in [1.29, 1.82) is 0 Å². The van der Waals surface area contributed by atoms with Crippen LogP contribution < -0.4 is 5.32 Å². The van der Waals surface area contributed by atoms with Gasteiger partial charge in [0.1, 0.15) is 0 Å². The third-order valence-corrected chi connectivity index (χ3v) is 3.64. The Morgan fingerprint density at radius 3 is 2.67 bits per heavy atom. The van der Waals surface area contributed by atoms with Crippen molar-refractivity contribution in [3.05, 3.63) is 0 Å². The molecule has 1 N–H and O–H groups in total. The van der Waals surface area contributed by atoms with Crippen molar-refractivity contribution in [2.24, 2.45) is 11.8 Å². The van der Waals surface area contributed by atoms with Gasteiger partial charge in [0.05, 0.1) is 12.5 Å². The Hall–Kier alpha value is -0.570. The molecule has 0 aromatic heterocycles. The van der Waals surface area contributed by atoms with Crippen molar-refractivity contribution in [3.8, 4) is 0 Å². The third-order valence-electron chi connectivity index (χ3n) is 3.64. The minimum absolute atomic E-state index is 0.000475. The van der Waals surface area contributed by atoms with Gasteiger partial charge in [-0.3, -0.25) is 4.79 Å². The van der Waals surface area contributed by atoms with E-state index in [0.29, 0.717) is 18.7 Å². The van der Waals surface area contributed by atoms with E-state index < -0.39 is 0 Å². The van der Waals surface area contributed by atoms with E-state index in [1.165, 1.54) is 12.8 Å². The van der Waals surface area contributed by atoms with Crippen LogP contribution in [0.4, 0.5) is 0 Å². The van der Waals surface area contributed by atoms with Crippen molar-refractivity contribution in [2.75, 3.05) is 6.61 Å². The van der Waals surface area contributed by atoms with E-state index in [0.717, 1.165) is 25.2 Å². The molecule has 0 aromatic carbocycles. The molecular formula is C15H29NO2. The maximum absolute atomic E-state index is 11.8. The topological polar surface area (TPSA) is 38.3 Å². The van der Waals surface area contributed by atoms with E-state index >= 15 is 0 Å². The van der Waals surface area contributed by atoms with Crippen molar-refractivity contribution in [3.63, 3.8) is 0 Å². The highest BCUT2D eigenvalue weighted by Gasteiger charge is 2.28. The highest BCUT2D eigenvalue weighted by Crippen LogP contribution is 2.26. The number of hydrogen-bond acceptors (Lipinski definition) is 3. The van der Waals surface area contributed by atoms with Crippen LogP contribution in [0.5, 0.6) is 0 Å². The van der Waals surface area contributed by atoms with Gasteiger partial charge in [-0.15, -0.1) is 0 Å². The Bertz CT molecular complexity index is 253. The lowest BCUT2D eigenvalue weighted by Gasteiger charge is -2.31. The number of carbonyl (C=O) groups is 1. The van der Waals surface area contributed by atoms with Crippen LogP contribution in [0.2, 0.25) is 0 Å². The molecule has 1 saturated carbocycles. The van der Waals surface area contributed by atoms with Gasteiger partial charge in [-0.1, -0.05) is 20.3 Å². The first-order chi connectivity index (χ1) is 8.52. The fourth-order valence-electron chi connectivity index (χ4n) is 2.99. The highest BCUT2D eigenvalue weighted by molar-refractivity contribution is 5.72. The van der Waals surface area contributed by atoms with Gasteiger partial charge in [-0.25, -0.2) is 0 Å². The fraction of sp³-hybridized carbons (Fsp3) is 0.933. The van der Waals surface area contributed by atoms with Crippen LogP contribution in [0.25, 0.3) is 0 Å². The minimum atomic E-state index is 0.000475. The highest BCUT2D eigenvalue weighted by atomic mass is 16.5. The fourth-order valence-corrected chi connectivity index (χ4v) is 2.99. The van der Waals surface area contributed by atoms with E-state index in [1.807, 2.05) is 6.92 Å². The van der Waals surface area contributed by atoms with Gasteiger partial charge in [-0.2, -0.15) is 0 Å². The van der Waals surface area contributed by atoms with Crippen LogP contribution in [-0.4, -0.2) is 24.7 Å². The van der Waals surface area contributed by atoms with E-state index in [2.05, 4.69) is 26.1 Å². The number of hydrogen-bond donors (Lipinski definition) is 1. The maximum atomic E-state index is 11.8. The summed E-state index contributed by atoms with van der Waals surface area (Å²) in [5.41, 5.74) is 0. The average Bonchev–Trinajstić information content (AvgIpc) is 2.28. The Kier molecular flexibility index (Phi) is 6.69. The van der Waals surface area contributed by atoms with Gasteiger partial charge in [-0.05, 0) is 45.4 Å². The molecule has 18 heavy (non-hydrogen) atoms. The van der Waals surface area contributed by atoms with Gasteiger partial charge in [0, 0.05) is 12.1 Å². The quantitative estimate of drug-likeness (QED) is 0.741. The summed E-state index contributed by atoms with van der Waals surface area (Å²) in [7, 11) is 0. The van der Waals surface area contributed by atoms with E-state index in [1.54, 1.807) is 0 Å². The van der Waals surface area contributed by atoms with E-state index in [9.17, 15) is 4.79 Å². The number of rotatable bonds is 6. The third kappa shape index (κ3) is 5.38. The first-order valence-electron chi connectivity index (χ1n) is 7.45. The molecule has 3 atom stereocenters. The predicted octanol–water partition coefficient (Wildman–Crippen LogP) is 3.13. The summed E-state index contributed by atoms with van der Waals surface area (Å²) in [6, 6.07) is 1.03. The van der Waals surface area contributed by atoms with Crippen molar-refractivity contribution in [2.45, 2.75) is 71.9 Å². The summed E-state index contributed by atoms with van der Waals surface area (Å²) in [6.45, 7) is 9.12. The molecule has 1 aliphatic carbocycles. The summed E-state index contributed by atoms with van der Waals surface area (Å²) >= 11 is 0. The van der Waals surface area contributed by atoms with Gasteiger partial charge < -0.3 is 10.1 Å². The zero-order chi connectivity index (χ0) is 13.5. The lowest BCUT2D eigenvalue weighted by molar-refractivity contribution is -0.149. The molecule has 0 bridgehead atoms. The van der Waals surface area contributed by atoms with Crippen LogP contribution in [0, 0.1) is 11.8 Å². The van der Waals surface area contributed by atoms with E-state index in [-0.39, 0.29) is 11.9 Å². The number of nitrogens with one attached hydrogen (secondary N) is 1. The number of ether oxygens (including phenoxy) is 1. The lowest BCUT2D eigenvalue weighted by Crippen LogP contribution is -2.41. The molecule has 1 rings (SSSR count). The summed E-state index contributed by atoms with van der Waals surface area (Å²) < 4.78 is 5.13. The van der Waals surface area contributed by atoms with Crippen molar-refractivity contribution < 1.29 is 9.53 Å².